The molecule has 0 bridgehead atoms. The molecule has 1 aliphatic heterocycles. The van der Waals surface area contributed by atoms with Crippen molar-refractivity contribution >= 4 is 23.3 Å². The van der Waals surface area contributed by atoms with Crippen molar-refractivity contribution in [3.63, 3.8) is 0 Å². The van der Waals surface area contributed by atoms with Crippen molar-refractivity contribution < 1.29 is 19.4 Å². The summed E-state index contributed by atoms with van der Waals surface area (Å²) in [5.41, 5.74) is 1.61. The van der Waals surface area contributed by atoms with E-state index in [-0.39, 0.29) is 17.9 Å². The zero-order chi connectivity index (χ0) is 19.4. The van der Waals surface area contributed by atoms with Gasteiger partial charge >= 0.3 is 5.97 Å². The van der Waals surface area contributed by atoms with Crippen LogP contribution in [0.5, 0.6) is 0 Å². The van der Waals surface area contributed by atoms with Crippen molar-refractivity contribution in [3.8, 4) is 0 Å². The molecule has 1 fully saturated rings. The smallest absolute Gasteiger partial charge is 0.323 e. The number of ether oxygens (including phenoxy) is 1. The highest BCUT2D eigenvalue weighted by molar-refractivity contribution is 6.07. The average Bonchev–Trinajstić information content (AvgIpc) is 2.65. The Morgan fingerprint density at radius 2 is 1.85 bits per heavy atom. The lowest BCUT2D eigenvalue weighted by molar-refractivity contribution is -0.135. The van der Waals surface area contributed by atoms with Gasteiger partial charge in [-0.15, -0.1) is 0 Å². The summed E-state index contributed by atoms with van der Waals surface area (Å²) in [5.74, 6) is -1.53. The maximum absolute atomic E-state index is 13.0. The van der Waals surface area contributed by atoms with Crippen LogP contribution in [0.25, 0.3) is 0 Å². The molecule has 1 aromatic carbocycles. The van der Waals surface area contributed by atoms with Gasteiger partial charge in [0.15, 0.2) is 0 Å². The number of carboxylic acids is 1. The number of carboxylic acid groups (broad SMARTS) is 1. The van der Waals surface area contributed by atoms with Gasteiger partial charge in [0.25, 0.3) is 5.91 Å². The van der Waals surface area contributed by atoms with Crippen molar-refractivity contribution in [2.45, 2.75) is 26.1 Å². The predicted molar refractivity (Wildman–Crippen MR) is 102 cm³/mol. The first kappa shape index (κ1) is 18.8. The van der Waals surface area contributed by atoms with Crippen molar-refractivity contribution in [1.82, 2.24) is 4.98 Å². The van der Waals surface area contributed by atoms with Crippen molar-refractivity contribution in [1.29, 1.82) is 0 Å². The number of nitrogens with zero attached hydrogens (tertiary/aromatic N) is 3. The van der Waals surface area contributed by atoms with Gasteiger partial charge in [-0.05, 0) is 38.1 Å². The number of pyridine rings is 1. The molecule has 2 heterocycles. The highest BCUT2D eigenvalue weighted by atomic mass is 16.5. The van der Waals surface area contributed by atoms with Crippen LogP contribution < -0.4 is 9.80 Å². The molecule has 142 valence electrons. The zero-order valence-electron chi connectivity index (χ0n) is 15.4. The van der Waals surface area contributed by atoms with Gasteiger partial charge in [0.1, 0.15) is 12.2 Å². The number of amides is 1. The molecule has 0 spiro atoms. The lowest BCUT2D eigenvalue weighted by Crippen LogP contribution is -2.45. The first-order chi connectivity index (χ1) is 12.9. The van der Waals surface area contributed by atoms with Gasteiger partial charge in [-0.3, -0.25) is 19.5 Å². The Balaban J connectivity index is 1.88. The largest absolute Gasteiger partial charge is 0.480 e. The number of anilines is 2. The minimum Gasteiger partial charge on any atom is -0.480 e. The Kier molecular flexibility index (Phi) is 5.71. The summed E-state index contributed by atoms with van der Waals surface area (Å²) in [6.45, 7) is 5.04. The summed E-state index contributed by atoms with van der Waals surface area (Å²) >= 11 is 0. The van der Waals surface area contributed by atoms with Gasteiger partial charge in [0.2, 0.25) is 0 Å². The van der Waals surface area contributed by atoms with E-state index < -0.39 is 18.4 Å². The number of carbonyl (C=O) groups excluding carboxylic acids is 1. The lowest BCUT2D eigenvalue weighted by atomic mass is 10.2. The Labute approximate surface area is 158 Å². The van der Waals surface area contributed by atoms with Gasteiger partial charge in [-0.1, -0.05) is 18.2 Å². The fraction of sp³-hybridized carbons (Fsp3) is 0.350. The number of aliphatic carboxylic acids is 1. The van der Waals surface area contributed by atoms with Crippen LogP contribution >= 0.6 is 0 Å². The third kappa shape index (κ3) is 4.62. The van der Waals surface area contributed by atoms with E-state index in [2.05, 4.69) is 9.88 Å². The maximum Gasteiger partial charge on any atom is 0.323 e. The minimum absolute atomic E-state index is 0.0916. The second kappa shape index (κ2) is 8.18. The van der Waals surface area contributed by atoms with E-state index in [1.54, 1.807) is 36.5 Å². The molecule has 3 rings (SSSR count). The summed E-state index contributed by atoms with van der Waals surface area (Å²) in [7, 11) is 0. The average molecular weight is 369 g/mol. The number of aromatic nitrogens is 1. The fourth-order valence-corrected chi connectivity index (χ4v) is 3.28. The van der Waals surface area contributed by atoms with Crippen LogP contribution in [0, 0.1) is 0 Å². The summed E-state index contributed by atoms with van der Waals surface area (Å²) in [6.07, 6.45) is 1.76. The normalized spacial score (nSPS) is 19.6. The second-order valence-corrected chi connectivity index (χ2v) is 6.68. The van der Waals surface area contributed by atoms with E-state index in [4.69, 9.17) is 4.74 Å². The molecule has 2 unspecified atom stereocenters. The molecule has 1 aromatic heterocycles. The minimum atomic E-state index is -1.08. The standard InChI is InChI=1S/C20H23N3O4/c1-14-11-22(12-15(2)27-14)17-8-9-21-18(10-17)20(26)23(13-19(24)25)16-6-4-3-5-7-16/h3-10,14-15H,11-13H2,1-2H3,(H,24,25). The van der Waals surface area contributed by atoms with Crippen LogP contribution in [-0.2, 0) is 9.53 Å². The van der Waals surface area contributed by atoms with Crippen molar-refractivity contribution in [2.75, 3.05) is 29.4 Å². The van der Waals surface area contributed by atoms with Gasteiger partial charge in [0.05, 0.1) is 12.2 Å². The molecule has 0 saturated carbocycles. The Bertz CT molecular complexity index is 802. The summed E-state index contributed by atoms with van der Waals surface area (Å²) in [6, 6.07) is 12.3. The molecule has 1 amide bonds. The van der Waals surface area contributed by atoms with Crippen LogP contribution in [-0.4, -0.2) is 53.8 Å². The molecular formula is C20H23N3O4. The number of para-hydroxylation sites is 1. The molecule has 27 heavy (non-hydrogen) atoms. The van der Waals surface area contributed by atoms with Crippen LogP contribution in [0.3, 0.4) is 0 Å². The number of hydrogen-bond donors (Lipinski definition) is 1. The second-order valence-electron chi connectivity index (χ2n) is 6.68. The Hall–Kier alpha value is -2.93. The highest BCUT2D eigenvalue weighted by Gasteiger charge is 2.25. The van der Waals surface area contributed by atoms with Crippen LogP contribution in [0.1, 0.15) is 24.3 Å². The zero-order valence-corrected chi connectivity index (χ0v) is 15.4. The van der Waals surface area contributed by atoms with Gasteiger partial charge in [-0.2, -0.15) is 0 Å². The molecule has 0 aliphatic carbocycles. The molecule has 2 aromatic rings. The Morgan fingerprint density at radius 3 is 2.48 bits per heavy atom. The third-order valence-electron chi connectivity index (χ3n) is 4.35. The van der Waals surface area contributed by atoms with Gasteiger partial charge in [0, 0.05) is 30.7 Å². The van der Waals surface area contributed by atoms with Crippen LogP contribution in [0.2, 0.25) is 0 Å². The molecule has 1 N–H and O–H groups in total. The quantitative estimate of drug-likeness (QED) is 0.872. The SMILES string of the molecule is CC1CN(c2ccnc(C(=O)N(CC(=O)O)c3ccccc3)c2)CC(C)O1. The summed E-state index contributed by atoms with van der Waals surface area (Å²) < 4.78 is 5.76. The topological polar surface area (TPSA) is 83.0 Å². The van der Waals surface area contributed by atoms with Crippen molar-refractivity contribution in [3.05, 3.63) is 54.4 Å². The van der Waals surface area contributed by atoms with Gasteiger partial charge < -0.3 is 14.7 Å². The number of hydrogen-bond acceptors (Lipinski definition) is 5. The van der Waals surface area contributed by atoms with E-state index in [1.807, 2.05) is 26.0 Å². The maximum atomic E-state index is 13.0. The fourth-order valence-electron chi connectivity index (χ4n) is 3.28. The first-order valence-electron chi connectivity index (χ1n) is 8.89. The van der Waals surface area contributed by atoms with E-state index in [0.717, 1.165) is 18.8 Å². The lowest BCUT2D eigenvalue weighted by Gasteiger charge is -2.37. The van der Waals surface area contributed by atoms with Crippen molar-refractivity contribution in [2.24, 2.45) is 0 Å². The van der Waals surface area contributed by atoms with E-state index in [1.165, 1.54) is 4.90 Å². The number of morpholine rings is 1. The number of carbonyl (C=O) groups is 2. The number of benzene rings is 1. The van der Waals surface area contributed by atoms with E-state index >= 15 is 0 Å². The van der Waals surface area contributed by atoms with Gasteiger partial charge in [-0.25, -0.2) is 0 Å². The molecule has 0 radical (unpaired) electrons. The summed E-state index contributed by atoms with van der Waals surface area (Å²) in [4.78, 5) is 31.8. The monoisotopic (exact) mass is 369 g/mol. The van der Waals surface area contributed by atoms with Crippen LogP contribution in [0.15, 0.2) is 48.7 Å². The molecular weight excluding hydrogens is 346 g/mol. The number of rotatable bonds is 5. The molecule has 1 saturated heterocycles. The van der Waals surface area contributed by atoms with E-state index in [9.17, 15) is 14.7 Å². The molecule has 1 aliphatic rings. The van der Waals surface area contributed by atoms with E-state index in [0.29, 0.717) is 5.69 Å². The van der Waals surface area contributed by atoms with Crippen LogP contribution in [0.4, 0.5) is 11.4 Å². The molecule has 2 atom stereocenters. The predicted octanol–water partition coefficient (Wildman–Crippen LogP) is 2.43. The first-order valence-corrected chi connectivity index (χ1v) is 8.89. The highest BCUT2D eigenvalue weighted by Crippen LogP contribution is 2.22. The Morgan fingerprint density at radius 1 is 1.19 bits per heavy atom. The third-order valence-corrected chi connectivity index (χ3v) is 4.35. The summed E-state index contributed by atoms with van der Waals surface area (Å²) in [5, 5.41) is 9.22. The molecule has 7 heteroatoms. The molecule has 7 nitrogen and oxygen atoms in total.